The van der Waals surface area contributed by atoms with Crippen LogP contribution in [0.15, 0.2) is 0 Å². The van der Waals surface area contributed by atoms with E-state index in [0.29, 0.717) is 11.7 Å². The third-order valence-corrected chi connectivity index (χ3v) is 4.78. The van der Waals surface area contributed by atoms with Gasteiger partial charge in [0.2, 0.25) is 0 Å². The molecular weight excluding hydrogens is 172 g/mol. The zero-order valence-corrected chi connectivity index (χ0v) is 9.48. The molecule has 0 aromatic rings. The van der Waals surface area contributed by atoms with Crippen molar-refractivity contribution in [2.75, 3.05) is 5.75 Å². The molecule has 0 aliphatic heterocycles. The monoisotopic (exact) mass is 192 g/mol. The van der Waals surface area contributed by atoms with Gasteiger partial charge in [-0.1, -0.05) is 20.8 Å². The average Bonchev–Trinajstić information content (AvgIpc) is 1.85. The average molecular weight is 192 g/mol. The summed E-state index contributed by atoms with van der Waals surface area (Å²) < 4.78 is 22.9. The number of hydrogen-bond donors (Lipinski definition) is 0. The first-order valence-electron chi connectivity index (χ1n) is 4.49. The van der Waals surface area contributed by atoms with Crippen molar-refractivity contribution in [3.63, 3.8) is 0 Å². The van der Waals surface area contributed by atoms with Crippen molar-refractivity contribution in [3.8, 4) is 0 Å². The second-order valence-corrected chi connectivity index (χ2v) is 6.70. The van der Waals surface area contributed by atoms with Crippen molar-refractivity contribution in [3.05, 3.63) is 0 Å². The Hall–Kier alpha value is -0.0500. The summed E-state index contributed by atoms with van der Waals surface area (Å²) in [6, 6.07) is 0. The molecule has 0 rings (SSSR count). The molecular formula is C9H20O2S. The maximum atomic E-state index is 11.4. The van der Waals surface area contributed by atoms with E-state index in [2.05, 4.69) is 13.8 Å². The van der Waals surface area contributed by atoms with Crippen molar-refractivity contribution >= 4 is 9.84 Å². The fourth-order valence-corrected chi connectivity index (χ4v) is 2.25. The molecule has 0 fully saturated rings. The Labute approximate surface area is 76.3 Å². The second kappa shape index (κ2) is 4.26. The molecule has 0 saturated heterocycles. The van der Waals surface area contributed by atoms with E-state index in [0.717, 1.165) is 0 Å². The summed E-state index contributed by atoms with van der Waals surface area (Å²) in [6.07, 6.45) is 0. The summed E-state index contributed by atoms with van der Waals surface area (Å²) in [7, 11) is -2.84. The van der Waals surface area contributed by atoms with Crippen molar-refractivity contribution < 1.29 is 8.42 Å². The maximum absolute atomic E-state index is 11.4. The Morgan fingerprint density at radius 1 is 1.00 bits per heavy atom. The van der Waals surface area contributed by atoms with Gasteiger partial charge in [0.05, 0.1) is 11.0 Å². The third-order valence-electron chi connectivity index (χ3n) is 2.35. The molecule has 0 aliphatic carbocycles. The highest BCUT2D eigenvalue weighted by atomic mass is 32.2. The van der Waals surface area contributed by atoms with Crippen molar-refractivity contribution in [2.45, 2.75) is 39.9 Å². The molecule has 0 amide bonds. The Morgan fingerprint density at radius 3 is 1.67 bits per heavy atom. The molecule has 1 atom stereocenters. The normalized spacial score (nSPS) is 15.6. The molecule has 0 aromatic heterocycles. The first kappa shape index (κ1) is 11.9. The van der Waals surface area contributed by atoms with Crippen LogP contribution in [0.3, 0.4) is 0 Å². The predicted molar refractivity (Wildman–Crippen MR) is 52.9 cm³/mol. The van der Waals surface area contributed by atoms with E-state index in [1.165, 1.54) is 0 Å². The van der Waals surface area contributed by atoms with Gasteiger partial charge in [-0.2, -0.15) is 0 Å². The van der Waals surface area contributed by atoms with Gasteiger partial charge in [0.25, 0.3) is 0 Å². The molecule has 0 aliphatic rings. The minimum atomic E-state index is -2.84. The van der Waals surface area contributed by atoms with Crippen LogP contribution in [0.5, 0.6) is 0 Å². The standard InChI is InChI=1S/C9H20O2S/c1-7(2)9(5)6-12(10,11)8(3)4/h7-9H,6H2,1-5H3/t9-/m1/s1. The second-order valence-electron chi connectivity index (χ2n) is 4.10. The lowest BCUT2D eigenvalue weighted by Gasteiger charge is -2.16. The summed E-state index contributed by atoms with van der Waals surface area (Å²) >= 11 is 0. The van der Waals surface area contributed by atoms with Crippen molar-refractivity contribution in [2.24, 2.45) is 11.8 Å². The largest absolute Gasteiger partial charge is 0.229 e. The molecule has 0 N–H and O–H groups in total. The van der Waals surface area contributed by atoms with E-state index in [1.807, 2.05) is 6.92 Å². The zero-order valence-electron chi connectivity index (χ0n) is 8.66. The van der Waals surface area contributed by atoms with Crippen molar-refractivity contribution in [1.82, 2.24) is 0 Å². The fraction of sp³-hybridized carbons (Fsp3) is 1.00. The maximum Gasteiger partial charge on any atom is 0.152 e. The van der Waals surface area contributed by atoms with E-state index >= 15 is 0 Å². The van der Waals surface area contributed by atoms with Gasteiger partial charge < -0.3 is 0 Å². The van der Waals surface area contributed by atoms with Crippen LogP contribution in [0, 0.1) is 11.8 Å². The first-order valence-corrected chi connectivity index (χ1v) is 6.20. The number of hydrogen-bond acceptors (Lipinski definition) is 2. The Bertz CT molecular complexity index is 215. The van der Waals surface area contributed by atoms with Gasteiger partial charge in [-0.15, -0.1) is 0 Å². The summed E-state index contributed by atoms with van der Waals surface area (Å²) in [5.74, 6) is 1.03. The molecule has 0 radical (unpaired) electrons. The van der Waals surface area contributed by atoms with Crippen LogP contribution in [-0.4, -0.2) is 19.4 Å². The van der Waals surface area contributed by atoms with E-state index < -0.39 is 9.84 Å². The first-order chi connectivity index (χ1) is 5.27. The molecule has 2 nitrogen and oxygen atoms in total. The highest BCUT2D eigenvalue weighted by Gasteiger charge is 2.21. The van der Waals surface area contributed by atoms with Crippen molar-refractivity contribution in [1.29, 1.82) is 0 Å². The van der Waals surface area contributed by atoms with Crippen LogP contribution in [0.4, 0.5) is 0 Å². The smallest absolute Gasteiger partial charge is 0.152 e. The minimum absolute atomic E-state index is 0.237. The number of sulfone groups is 1. The van der Waals surface area contributed by atoms with Crippen LogP contribution in [0.1, 0.15) is 34.6 Å². The van der Waals surface area contributed by atoms with E-state index in [1.54, 1.807) is 13.8 Å². The molecule has 0 aromatic carbocycles. The zero-order chi connectivity index (χ0) is 9.94. The third kappa shape index (κ3) is 3.57. The van der Waals surface area contributed by atoms with Crippen LogP contribution in [-0.2, 0) is 9.84 Å². The lowest BCUT2D eigenvalue weighted by Crippen LogP contribution is -2.24. The van der Waals surface area contributed by atoms with Crippen LogP contribution in [0.2, 0.25) is 0 Å². The van der Waals surface area contributed by atoms with Crippen LogP contribution in [0.25, 0.3) is 0 Å². The molecule has 3 heteroatoms. The van der Waals surface area contributed by atoms with E-state index in [9.17, 15) is 8.42 Å². The SMILES string of the molecule is CC(C)[C@H](C)CS(=O)(=O)C(C)C. The lowest BCUT2D eigenvalue weighted by atomic mass is 10.0. The van der Waals surface area contributed by atoms with Gasteiger partial charge in [-0.3, -0.25) is 0 Å². The molecule has 12 heavy (non-hydrogen) atoms. The fourth-order valence-electron chi connectivity index (χ4n) is 0.751. The van der Waals surface area contributed by atoms with E-state index in [-0.39, 0.29) is 11.2 Å². The Kier molecular flexibility index (Phi) is 4.24. The Morgan fingerprint density at radius 2 is 1.42 bits per heavy atom. The molecule has 74 valence electrons. The quantitative estimate of drug-likeness (QED) is 0.683. The van der Waals surface area contributed by atoms with E-state index in [4.69, 9.17) is 0 Å². The minimum Gasteiger partial charge on any atom is -0.229 e. The summed E-state index contributed by atoms with van der Waals surface area (Å²) in [4.78, 5) is 0. The highest BCUT2D eigenvalue weighted by Crippen LogP contribution is 2.14. The highest BCUT2D eigenvalue weighted by molar-refractivity contribution is 7.91. The van der Waals surface area contributed by atoms with Gasteiger partial charge in [-0.05, 0) is 25.7 Å². The predicted octanol–water partition coefficient (Wildman–Crippen LogP) is 2.10. The lowest BCUT2D eigenvalue weighted by molar-refractivity contribution is 0.451. The molecule has 0 saturated carbocycles. The van der Waals surface area contributed by atoms with Gasteiger partial charge >= 0.3 is 0 Å². The topological polar surface area (TPSA) is 34.1 Å². The van der Waals surface area contributed by atoms with Crippen LogP contribution < -0.4 is 0 Å². The summed E-state index contributed by atoms with van der Waals surface area (Å²) in [5, 5.41) is -0.237. The molecule has 0 heterocycles. The molecule has 0 spiro atoms. The molecule has 0 unspecified atom stereocenters. The summed E-state index contributed by atoms with van der Waals surface area (Å²) in [5.41, 5.74) is 0. The van der Waals surface area contributed by atoms with Crippen LogP contribution >= 0.6 is 0 Å². The number of rotatable bonds is 4. The Balaban J connectivity index is 4.27. The summed E-state index contributed by atoms with van der Waals surface area (Å²) in [6.45, 7) is 9.58. The van der Waals surface area contributed by atoms with Gasteiger partial charge in [-0.25, -0.2) is 8.42 Å². The molecule has 0 bridgehead atoms. The van der Waals surface area contributed by atoms with Gasteiger partial charge in [0.1, 0.15) is 0 Å². The van der Waals surface area contributed by atoms with Gasteiger partial charge in [0.15, 0.2) is 9.84 Å². The van der Waals surface area contributed by atoms with Gasteiger partial charge in [0, 0.05) is 0 Å².